The van der Waals surface area contributed by atoms with E-state index in [1.165, 1.54) is 16.1 Å². The Morgan fingerprint density at radius 1 is 1.21 bits per heavy atom. The average molecular weight is 414 g/mol. The highest BCUT2D eigenvalue weighted by Crippen LogP contribution is 2.42. The van der Waals surface area contributed by atoms with Crippen LogP contribution in [-0.2, 0) is 6.54 Å². The molecule has 4 N–H and O–H groups in total. The molecule has 7 nitrogen and oxygen atoms in total. The fraction of sp³-hybridized carbons (Fsp3) is 0.381. The normalized spacial score (nSPS) is 20.6. The summed E-state index contributed by atoms with van der Waals surface area (Å²) in [6, 6.07) is 16.9. The number of hydrogen-bond acceptors (Lipinski definition) is 6. The molecule has 29 heavy (non-hydrogen) atoms. The smallest absolute Gasteiger partial charge is 0.225 e. The molecule has 0 amide bonds. The highest BCUT2D eigenvalue weighted by atomic mass is 32.2. The number of fused-ring (bicyclic) bond motifs is 1. The van der Waals surface area contributed by atoms with E-state index in [2.05, 4.69) is 70.4 Å². The van der Waals surface area contributed by atoms with Crippen LogP contribution in [0.25, 0.3) is 0 Å². The number of nitrogens with two attached hydrogens (primary N) is 1. The number of piperidine rings is 1. The number of aliphatic imine (C=N–C) groups is 1. The van der Waals surface area contributed by atoms with Crippen molar-refractivity contribution in [2.45, 2.75) is 35.9 Å². The summed E-state index contributed by atoms with van der Waals surface area (Å²) < 4.78 is 6.20. The molecular weight excluding hydrogens is 386 g/mol. The number of likely N-dealkylation sites (tertiary alicyclic amines) is 1. The molecule has 8 heteroatoms. The number of guanidine groups is 1. The lowest BCUT2D eigenvalue weighted by Crippen LogP contribution is -2.37. The van der Waals surface area contributed by atoms with Gasteiger partial charge in [0, 0.05) is 31.6 Å². The van der Waals surface area contributed by atoms with Crippen LogP contribution in [0.1, 0.15) is 18.4 Å². The Morgan fingerprint density at radius 2 is 1.93 bits per heavy atom. The Bertz CT molecular complexity index is 852. The number of anilines is 1. The van der Waals surface area contributed by atoms with Crippen LogP contribution in [0.2, 0.25) is 0 Å². The minimum Gasteiger partial charge on any atom is -0.461 e. The largest absolute Gasteiger partial charge is 0.461 e. The second-order valence-electron chi connectivity index (χ2n) is 7.40. The quantitative estimate of drug-likeness (QED) is 0.395. The first-order chi connectivity index (χ1) is 14.1. The number of hydrogen-bond donors (Lipinski definition) is 3. The van der Waals surface area contributed by atoms with E-state index in [1.807, 2.05) is 5.48 Å². The van der Waals surface area contributed by atoms with Crippen LogP contribution in [-0.4, -0.2) is 47.8 Å². The zero-order chi connectivity index (χ0) is 20.2. The van der Waals surface area contributed by atoms with Crippen molar-refractivity contribution in [2.75, 3.05) is 25.0 Å². The summed E-state index contributed by atoms with van der Waals surface area (Å²) in [4.78, 5) is 10.1. The van der Waals surface area contributed by atoms with Crippen LogP contribution in [0.3, 0.4) is 0 Å². The number of rotatable bonds is 5. The van der Waals surface area contributed by atoms with Crippen molar-refractivity contribution in [2.24, 2.45) is 10.7 Å². The zero-order valence-electron chi connectivity index (χ0n) is 16.5. The number of thioether (sulfide) groups is 1. The SMILES string of the molecule is CN1c2ccccc2SC1Oc1ccc(CN2CCC(N=C(N)NO)CC2)cc1. The Kier molecular flexibility index (Phi) is 6.13. The van der Waals surface area contributed by atoms with Crippen LogP contribution >= 0.6 is 11.8 Å². The first-order valence-corrected chi connectivity index (χ1v) is 10.7. The molecule has 0 saturated carbocycles. The topological polar surface area (TPSA) is 86.4 Å². The number of hydroxylamine groups is 1. The number of benzene rings is 2. The molecule has 1 saturated heterocycles. The van der Waals surface area contributed by atoms with Crippen molar-refractivity contribution in [1.82, 2.24) is 10.4 Å². The van der Waals surface area contributed by atoms with Crippen LogP contribution < -0.4 is 20.9 Å². The molecule has 2 aliphatic heterocycles. The van der Waals surface area contributed by atoms with E-state index in [0.29, 0.717) is 0 Å². The maximum Gasteiger partial charge on any atom is 0.225 e. The van der Waals surface area contributed by atoms with Crippen LogP contribution in [0, 0.1) is 0 Å². The van der Waals surface area contributed by atoms with Crippen LogP contribution in [0.5, 0.6) is 5.75 Å². The van der Waals surface area contributed by atoms with Gasteiger partial charge in [0.2, 0.25) is 11.5 Å². The highest BCUT2D eigenvalue weighted by Gasteiger charge is 2.28. The van der Waals surface area contributed by atoms with Crippen LogP contribution in [0.15, 0.2) is 58.4 Å². The van der Waals surface area contributed by atoms with Gasteiger partial charge in [0.15, 0.2) is 0 Å². The molecule has 2 aliphatic rings. The van der Waals surface area contributed by atoms with Gasteiger partial charge in [-0.15, -0.1) is 0 Å². The third-order valence-electron chi connectivity index (χ3n) is 5.35. The lowest BCUT2D eigenvalue weighted by atomic mass is 10.0. The van der Waals surface area contributed by atoms with E-state index in [1.54, 1.807) is 11.8 Å². The predicted octanol–water partition coefficient (Wildman–Crippen LogP) is 2.85. The minimum atomic E-state index is -0.0429. The lowest BCUT2D eigenvalue weighted by Gasteiger charge is -2.30. The number of nitrogens with zero attached hydrogens (tertiary/aromatic N) is 3. The Morgan fingerprint density at radius 3 is 2.62 bits per heavy atom. The summed E-state index contributed by atoms with van der Waals surface area (Å²) in [5.41, 5.74) is 9.87. The lowest BCUT2D eigenvalue weighted by molar-refractivity contribution is 0.203. The van der Waals surface area contributed by atoms with E-state index < -0.39 is 0 Å². The first kappa shape index (κ1) is 19.9. The molecular formula is C21H27N5O2S. The third-order valence-corrected chi connectivity index (χ3v) is 6.56. The third kappa shape index (κ3) is 4.77. The molecule has 0 aliphatic carbocycles. The minimum absolute atomic E-state index is 0.0429. The first-order valence-electron chi connectivity index (χ1n) is 9.82. The van der Waals surface area contributed by atoms with Gasteiger partial charge in [-0.3, -0.25) is 10.1 Å². The van der Waals surface area contributed by atoms with Gasteiger partial charge in [-0.1, -0.05) is 36.0 Å². The maximum atomic E-state index is 8.75. The van der Waals surface area contributed by atoms with E-state index in [0.717, 1.165) is 38.2 Å². The van der Waals surface area contributed by atoms with Gasteiger partial charge in [0.05, 0.1) is 11.7 Å². The van der Waals surface area contributed by atoms with E-state index in [4.69, 9.17) is 15.7 Å². The van der Waals surface area contributed by atoms with E-state index in [9.17, 15) is 0 Å². The van der Waals surface area contributed by atoms with Crippen molar-refractivity contribution in [3.63, 3.8) is 0 Å². The summed E-state index contributed by atoms with van der Waals surface area (Å²) >= 11 is 1.73. The van der Waals surface area contributed by atoms with Crippen molar-refractivity contribution < 1.29 is 9.94 Å². The molecule has 154 valence electrons. The van der Waals surface area contributed by atoms with Gasteiger partial charge in [-0.25, -0.2) is 10.5 Å². The van der Waals surface area contributed by atoms with Crippen molar-refractivity contribution >= 4 is 23.4 Å². The van der Waals surface area contributed by atoms with Gasteiger partial charge < -0.3 is 15.4 Å². The summed E-state index contributed by atoms with van der Waals surface area (Å²) in [5.74, 6) is 0.971. The highest BCUT2D eigenvalue weighted by molar-refractivity contribution is 8.00. The van der Waals surface area contributed by atoms with Crippen molar-refractivity contribution in [3.8, 4) is 5.75 Å². The standard InChI is InChI=1S/C21H27N5O2S/c1-25-18-4-2-3-5-19(18)29-21(25)28-17-8-6-15(7-9-17)14-26-12-10-16(11-13-26)23-20(22)24-27/h2-9,16,21,27H,10-14H2,1H3,(H3,22,23,24). The molecule has 4 rings (SSSR count). The molecule has 1 fully saturated rings. The van der Waals surface area contributed by atoms with E-state index in [-0.39, 0.29) is 17.6 Å². The molecule has 0 bridgehead atoms. The fourth-order valence-corrected chi connectivity index (χ4v) is 4.87. The number of nitrogens with one attached hydrogen (secondary N) is 1. The fourth-order valence-electron chi connectivity index (χ4n) is 3.73. The number of ether oxygens (including phenoxy) is 1. The van der Waals surface area contributed by atoms with Gasteiger partial charge in [0.1, 0.15) is 5.75 Å². The molecule has 2 aromatic rings. The monoisotopic (exact) mass is 413 g/mol. The average Bonchev–Trinajstić information content (AvgIpc) is 3.06. The van der Waals surface area contributed by atoms with Crippen LogP contribution in [0.4, 0.5) is 5.69 Å². The van der Waals surface area contributed by atoms with Gasteiger partial charge in [0.25, 0.3) is 0 Å². The van der Waals surface area contributed by atoms with Gasteiger partial charge in [-0.05, 0) is 42.7 Å². The maximum absolute atomic E-state index is 8.75. The Labute approximate surface area is 175 Å². The molecule has 1 unspecified atom stereocenters. The Hall–Kier alpha value is -2.42. The molecule has 0 aromatic heterocycles. The van der Waals surface area contributed by atoms with Crippen molar-refractivity contribution in [3.05, 3.63) is 54.1 Å². The second-order valence-corrected chi connectivity index (χ2v) is 8.48. The zero-order valence-corrected chi connectivity index (χ0v) is 17.3. The summed E-state index contributed by atoms with van der Waals surface area (Å²) in [7, 11) is 2.07. The molecule has 2 aromatic carbocycles. The van der Waals surface area contributed by atoms with E-state index >= 15 is 0 Å². The van der Waals surface area contributed by atoms with Gasteiger partial charge in [-0.2, -0.15) is 0 Å². The van der Waals surface area contributed by atoms with Crippen molar-refractivity contribution in [1.29, 1.82) is 0 Å². The molecule has 0 spiro atoms. The summed E-state index contributed by atoms with van der Waals surface area (Å²) in [6.45, 7) is 2.84. The second kappa shape index (κ2) is 8.94. The molecule has 2 heterocycles. The molecule has 1 atom stereocenters. The predicted molar refractivity (Wildman–Crippen MR) is 116 cm³/mol. The summed E-state index contributed by atoms with van der Waals surface area (Å²) in [6.07, 6.45) is 1.88. The number of para-hydroxylation sites is 1. The summed E-state index contributed by atoms with van der Waals surface area (Å²) in [5, 5.41) is 8.75. The molecule has 0 radical (unpaired) electrons. The Balaban J connectivity index is 1.28. The van der Waals surface area contributed by atoms with Gasteiger partial charge >= 0.3 is 0 Å².